The molecule has 3 rings (SSSR count). The summed E-state index contributed by atoms with van der Waals surface area (Å²) in [6.07, 6.45) is 2.69. The highest BCUT2D eigenvalue weighted by molar-refractivity contribution is 7.88. The maximum Gasteiger partial charge on any atom is 0.295 e. The van der Waals surface area contributed by atoms with Gasteiger partial charge in [0.05, 0.1) is 11.2 Å². The number of nitro benzene ring substituents is 1. The minimum absolute atomic E-state index is 0.00145. The minimum Gasteiger partial charge on any atom is -0.371 e. The number of non-ortho nitro benzene ring substituents is 1. The monoisotopic (exact) mass is 392 g/mol. The molecule has 1 aromatic heterocycles. The van der Waals surface area contributed by atoms with Crippen molar-refractivity contribution in [3.63, 3.8) is 0 Å². The Bertz CT molecular complexity index is 969. The molecular formula is C18H24N4O4S. The quantitative estimate of drug-likeness (QED) is 0.573. The highest BCUT2D eigenvalue weighted by atomic mass is 32.2. The van der Waals surface area contributed by atoms with Gasteiger partial charge in [0.2, 0.25) is 10.0 Å². The zero-order chi connectivity index (χ0) is 19.8. The molecule has 0 atom stereocenters. The van der Waals surface area contributed by atoms with Crippen LogP contribution in [0.25, 0.3) is 10.9 Å². The molecule has 27 heavy (non-hydrogen) atoms. The van der Waals surface area contributed by atoms with Gasteiger partial charge in [0, 0.05) is 48.5 Å². The Morgan fingerprint density at radius 3 is 2.56 bits per heavy atom. The Balaban J connectivity index is 1.92. The summed E-state index contributed by atoms with van der Waals surface area (Å²) >= 11 is 0. The van der Waals surface area contributed by atoms with E-state index < -0.39 is 14.9 Å². The van der Waals surface area contributed by atoms with Gasteiger partial charge < -0.3 is 4.90 Å². The van der Waals surface area contributed by atoms with Crippen molar-refractivity contribution in [1.82, 2.24) is 9.29 Å². The van der Waals surface area contributed by atoms with E-state index in [4.69, 9.17) is 0 Å². The molecule has 8 nitrogen and oxygen atoms in total. The maximum atomic E-state index is 12.0. The van der Waals surface area contributed by atoms with Gasteiger partial charge >= 0.3 is 0 Å². The predicted octanol–water partition coefficient (Wildman–Crippen LogP) is 2.70. The van der Waals surface area contributed by atoms with Gasteiger partial charge in [-0.05, 0) is 25.8 Å². The van der Waals surface area contributed by atoms with Crippen molar-refractivity contribution in [3.05, 3.63) is 40.1 Å². The number of para-hydroxylation sites is 1. The highest BCUT2D eigenvalue weighted by Gasteiger charge is 2.30. The fraction of sp³-hybridized carbons (Fsp3) is 0.500. The summed E-state index contributed by atoms with van der Waals surface area (Å²) in [5, 5.41) is 12.1. The number of hydrogen-bond acceptors (Lipinski definition) is 6. The fourth-order valence-electron chi connectivity index (χ4n) is 3.91. The molecule has 0 bridgehead atoms. The van der Waals surface area contributed by atoms with Gasteiger partial charge in [-0.1, -0.05) is 19.1 Å². The van der Waals surface area contributed by atoms with Gasteiger partial charge in [0.25, 0.3) is 5.69 Å². The van der Waals surface area contributed by atoms with Crippen molar-refractivity contribution >= 4 is 32.3 Å². The standard InChI is InChI=1S/C18H24N4O4S/c1-4-21(27(3,25)26)14-8-10-20(11-9-14)17-12-13(2)19-18-15(17)6-5-7-16(18)22(23)24/h5-7,12,14H,4,8-11H2,1-3H3. The van der Waals surface area contributed by atoms with E-state index in [0.717, 1.165) is 29.6 Å². The average Bonchev–Trinajstić information content (AvgIpc) is 2.60. The topological polar surface area (TPSA) is 96.7 Å². The van der Waals surface area contributed by atoms with Crippen molar-refractivity contribution in [2.75, 3.05) is 30.8 Å². The minimum atomic E-state index is -3.22. The average molecular weight is 392 g/mol. The molecule has 0 N–H and O–H groups in total. The van der Waals surface area contributed by atoms with E-state index >= 15 is 0 Å². The number of rotatable bonds is 5. The lowest BCUT2D eigenvalue weighted by Gasteiger charge is -2.38. The smallest absolute Gasteiger partial charge is 0.295 e. The number of aromatic nitrogens is 1. The molecule has 1 fully saturated rings. The number of sulfonamides is 1. The predicted molar refractivity (Wildman–Crippen MR) is 106 cm³/mol. The van der Waals surface area contributed by atoms with Crippen LogP contribution < -0.4 is 4.90 Å². The number of benzene rings is 1. The van der Waals surface area contributed by atoms with Crippen molar-refractivity contribution < 1.29 is 13.3 Å². The molecule has 146 valence electrons. The molecule has 0 aliphatic carbocycles. The Kier molecular flexibility index (Phi) is 5.34. The second-order valence-corrected chi connectivity index (χ2v) is 8.83. The number of pyridine rings is 1. The first-order chi connectivity index (χ1) is 12.7. The van der Waals surface area contributed by atoms with E-state index in [1.807, 2.05) is 26.0 Å². The van der Waals surface area contributed by atoms with E-state index in [0.29, 0.717) is 25.2 Å². The Morgan fingerprint density at radius 1 is 1.33 bits per heavy atom. The molecule has 0 spiro atoms. The van der Waals surface area contributed by atoms with Gasteiger partial charge in [0.1, 0.15) is 0 Å². The third-order valence-corrected chi connectivity index (χ3v) is 6.48. The van der Waals surface area contributed by atoms with Crippen LogP contribution in [0.1, 0.15) is 25.5 Å². The van der Waals surface area contributed by atoms with E-state index in [1.165, 1.54) is 12.3 Å². The van der Waals surface area contributed by atoms with Crippen molar-refractivity contribution in [1.29, 1.82) is 0 Å². The summed E-state index contributed by atoms with van der Waals surface area (Å²) in [6, 6.07) is 6.93. The maximum absolute atomic E-state index is 12.0. The lowest BCUT2D eigenvalue weighted by molar-refractivity contribution is -0.383. The molecule has 2 heterocycles. The van der Waals surface area contributed by atoms with Gasteiger partial charge in [-0.25, -0.2) is 13.4 Å². The SMILES string of the molecule is CCN(C1CCN(c2cc(C)nc3c([N+](=O)[O-])cccc23)CC1)S(C)(=O)=O. The third-order valence-electron chi connectivity index (χ3n) is 5.07. The van der Waals surface area contributed by atoms with Crippen LogP contribution in [-0.4, -0.2) is 54.6 Å². The number of nitrogens with zero attached hydrogens (tertiary/aromatic N) is 4. The molecule has 0 radical (unpaired) electrons. The molecule has 9 heteroatoms. The van der Waals surface area contributed by atoms with Crippen molar-refractivity contribution in [3.8, 4) is 0 Å². The Labute approximate surface area is 159 Å². The van der Waals surface area contributed by atoms with Gasteiger partial charge in [-0.15, -0.1) is 0 Å². The molecule has 0 unspecified atom stereocenters. The Morgan fingerprint density at radius 2 is 2.00 bits per heavy atom. The normalized spacial score (nSPS) is 16.2. The molecule has 1 aromatic carbocycles. The van der Waals surface area contributed by atoms with E-state index in [2.05, 4.69) is 9.88 Å². The second kappa shape index (κ2) is 7.40. The lowest BCUT2D eigenvalue weighted by atomic mass is 10.0. The third kappa shape index (κ3) is 3.89. The van der Waals surface area contributed by atoms with E-state index in [1.54, 1.807) is 10.4 Å². The highest BCUT2D eigenvalue weighted by Crippen LogP contribution is 2.34. The lowest BCUT2D eigenvalue weighted by Crippen LogP contribution is -2.47. The zero-order valence-corrected chi connectivity index (χ0v) is 16.6. The van der Waals surface area contributed by atoms with Crippen LogP contribution in [0.2, 0.25) is 0 Å². The van der Waals surface area contributed by atoms with Crippen LogP contribution in [0.3, 0.4) is 0 Å². The van der Waals surface area contributed by atoms with Gasteiger partial charge in [0.15, 0.2) is 5.52 Å². The van der Waals surface area contributed by atoms with Crippen LogP contribution in [0.4, 0.5) is 11.4 Å². The van der Waals surface area contributed by atoms with Gasteiger partial charge in [-0.3, -0.25) is 10.1 Å². The number of piperidine rings is 1. The summed E-state index contributed by atoms with van der Waals surface area (Å²) in [6.45, 7) is 5.53. The summed E-state index contributed by atoms with van der Waals surface area (Å²) in [5.74, 6) is 0. The van der Waals surface area contributed by atoms with Crippen LogP contribution in [0, 0.1) is 17.0 Å². The largest absolute Gasteiger partial charge is 0.371 e. The Hall–Kier alpha value is -2.26. The van der Waals surface area contributed by atoms with Gasteiger partial charge in [-0.2, -0.15) is 4.31 Å². The zero-order valence-electron chi connectivity index (χ0n) is 15.8. The molecule has 2 aromatic rings. The number of hydrogen-bond donors (Lipinski definition) is 0. The molecule has 0 saturated carbocycles. The summed E-state index contributed by atoms with van der Waals surface area (Å²) in [5.41, 5.74) is 2.04. The van der Waals surface area contributed by atoms with Crippen molar-refractivity contribution in [2.24, 2.45) is 0 Å². The molecule has 1 saturated heterocycles. The number of nitro groups is 1. The first-order valence-corrected chi connectivity index (χ1v) is 10.8. The molecule has 1 aliphatic rings. The van der Waals surface area contributed by atoms with Crippen LogP contribution in [0.5, 0.6) is 0 Å². The molecule has 1 aliphatic heterocycles. The second-order valence-electron chi connectivity index (χ2n) is 6.90. The summed E-state index contributed by atoms with van der Waals surface area (Å²) in [7, 11) is -3.22. The summed E-state index contributed by atoms with van der Waals surface area (Å²) < 4.78 is 25.5. The summed E-state index contributed by atoms with van der Waals surface area (Å²) in [4.78, 5) is 17.5. The first kappa shape index (κ1) is 19.5. The molecular weight excluding hydrogens is 368 g/mol. The first-order valence-electron chi connectivity index (χ1n) is 8.99. The van der Waals surface area contributed by atoms with Crippen LogP contribution in [0.15, 0.2) is 24.3 Å². The fourth-order valence-corrected chi connectivity index (χ4v) is 5.13. The van der Waals surface area contributed by atoms with E-state index in [-0.39, 0.29) is 11.7 Å². The van der Waals surface area contributed by atoms with Crippen LogP contribution in [-0.2, 0) is 10.0 Å². The van der Waals surface area contributed by atoms with Crippen LogP contribution >= 0.6 is 0 Å². The number of aryl methyl sites for hydroxylation is 1. The number of fused-ring (bicyclic) bond motifs is 1. The molecule has 0 amide bonds. The van der Waals surface area contributed by atoms with Crippen molar-refractivity contribution in [2.45, 2.75) is 32.7 Å². The number of anilines is 1. The van der Waals surface area contributed by atoms with E-state index in [9.17, 15) is 18.5 Å².